The van der Waals surface area contributed by atoms with E-state index in [4.69, 9.17) is 0 Å². The monoisotopic (exact) mass is 314 g/mol. The average Bonchev–Trinajstić information content (AvgIpc) is 3.00. The van der Waals surface area contributed by atoms with Gasteiger partial charge in [0.25, 0.3) is 0 Å². The Balaban J connectivity index is 2.14. The first-order valence-electron chi connectivity index (χ1n) is 7.60. The van der Waals surface area contributed by atoms with Gasteiger partial charge in [0.05, 0.1) is 17.5 Å². The van der Waals surface area contributed by atoms with Crippen LogP contribution in [0.25, 0.3) is 0 Å². The molecular formula is C16H21F3N2O. The third-order valence-corrected chi connectivity index (χ3v) is 3.94. The lowest BCUT2D eigenvalue weighted by Crippen LogP contribution is -2.35. The number of benzene rings is 1. The highest BCUT2D eigenvalue weighted by atomic mass is 19.4. The quantitative estimate of drug-likeness (QED) is 0.876. The van der Waals surface area contributed by atoms with E-state index in [0.29, 0.717) is 18.5 Å². The van der Waals surface area contributed by atoms with Crippen molar-refractivity contribution in [3.8, 4) is 0 Å². The maximum absolute atomic E-state index is 12.8. The predicted molar refractivity (Wildman–Crippen MR) is 78.2 cm³/mol. The number of halogens is 3. The van der Waals surface area contributed by atoms with Crippen LogP contribution in [0.5, 0.6) is 0 Å². The van der Waals surface area contributed by atoms with Crippen LogP contribution in [0.2, 0.25) is 0 Å². The van der Waals surface area contributed by atoms with Gasteiger partial charge in [0.15, 0.2) is 0 Å². The summed E-state index contributed by atoms with van der Waals surface area (Å²) >= 11 is 0. The third-order valence-electron chi connectivity index (χ3n) is 3.94. The van der Waals surface area contributed by atoms with Crippen molar-refractivity contribution in [3.05, 3.63) is 35.4 Å². The molecule has 2 rings (SSSR count). The number of carbonyl (C=O) groups is 1. The Bertz CT molecular complexity index is 510. The van der Waals surface area contributed by atoms with Crippen molar-refractivity contribution in [2.24, 2.45) is 5.92 Å². The lowest BCUT2D eigenvalue weighted by atomic mass is 9.98. The van der Waals surface area contributed by atoms with Gasteiger partial charge in [-0.1, -0.05) is 25.5 Å². The highest BCUT2D eigenvalue weighted by Gasteiger charge is 2.31. The molecule has 1 aromatic carbocycles. The Hall–Kier alpha value is -1.56. The molecule has 122 valence electrons. The second-order valence-corrected chi connectivity index (χ2v) is 5.66. The van der Waals surface area contributed by atoms with E-state index in [-0.39, 0.29) is 17.9 Å². The molecule has 1 fully saturated rings. The molecule has 0 aromatic heterocycles. The summed E-state index contributed by atoms with van der Waals surface area (Å²) in [7, 11) is 0. The van der Waals surface area contributed by atoms with Crippen LogP contribution < -0.4 is 10.6 Å². The Morgan fingerprint density at radius 2 is 2.23 bits per heavy atom. The molecule has 0 bridgehead atoms. The van der Waals surface area contributed by atoms with E-state index in [1.807, 2.05) is 6.92 Å². The number of hydrogen-bond acceptors (Lipinski definition) is 2. The molecule has 1 amide bonds. The first-order chi connectivity index (χ1) is 10.4. The van der Waals surface area contributed by atoms with Gasteiger partial charge in [0, 0.05) is 6.54 Å². The van der Waals surface area contributed by atoms with Crippen LogP contribution in [-0.2, 0) is 11.0 Å². The Morgan fingerprint density at radius 3 is 2.82 bits per heavy atom. The normalized spacial score (nSPS) is 19.9. The Labute approximate surface area is 128 Å². The minimum atomic E-state index is -4.37. The molecule has 1 saturated heterocycles. The van der Waals surface area contributed by atoms with Gasteiger partial charge in [0.2, 0.25) is 5.91 Å². The van der Waals surface area contributed by atoms with Crippen LogP contribution in [0.3, 0.4) is 0 Å². The lowest BCUT2D eigenvalue weighted by Gasteiger charge is -2.21. The van der Waals surface area contributed by atoms with E-state index in [0.717, 1.165) is 31.5 Å². The van der Waals surface area contributed by atoms with Gasteiger partial charge in [-0.15, -0.1) is 0 Å². The lowest BCUT2D eigenvalue weighted by molar-refractivity contribution is -0.137. The smallest absolute Gasteiger partial charge is 0.349 e. The molecular weight excluding hydrogens is 293 g/mol. The van der Waals surface area contributed by atoms with Crippen LogP contribution in [-0.4, -0.2) is 19.0 Å². The SMILES string of the molecule is CCCC(NC(=O)C1CCNC1)c1cccc(C(F)(F)F)c1. The van der Waals surface area contributed by atoms with Crippen molar-refractivity contribution in [3.63, 3.8) is 0 Å². The fourth-order valence-electron chi connectivity index (χ4n) is 2.71. The number of hydrogen-bond donors (Lipinski definition) is 2. The third kappa shape index (κ3) is 4.22. The van der Waals surface area contributed by atoms with Crippen LogP contribution in [0.15, 0.2) is 24.3 Å². The number of rotatable bonds is 5. The second kappa shape index (κ2) is 7.13. The standard InChI is InChI=1S/C16H21F3N2O/c1-2-4-14(21-15(22)12-7-8-20-10-12)11-5-3-6-13(9-11)16(17,18)19/h3,5-6,9,12,14,20H,2,4,7-8,10H2,1H3,(H,21,22). The van der Waals surface area contributed by atoms with Crippen molar-refractivity contribution in [1.82, 2.24) is 10.6 Å². The van der Waals surface area contributed by atoms with Crippen molar-refractivity contribution < 1.29 is 18.0 Å². The second-order valence-electron chi connectivity index (χ2n) is 5.66. The summed E-state index contributed by atoms with van der Waals surface area (Å²) in [6, 6.07) is 4.84. The van der Waals surface area contributed by atoms with Crippen molar-refractivity contribution in [1.29, 1.82) is 0 Å². The number of carbonyl (C=O) groups excluding carboxylic acids is 1. The summed E-state index contributed by atoms with van der Waals surface area (Å²) < 4.78 is 38.5. The zero-order chi connectivity index (χ0) is 16.2. The zero-order valence-electron chi connectivity index (χ0n) is 12.5. The molecule has 2 unspecified atom stereocenters. The molecule has 0 aliphatic carbocycles. The van der Waals surface area contributed by atoms with E-state index in [1.54, 1.807) is 6.07 Å². The Kier molecular flexibility index (Phi) is 5.45. The van der Waals surface area contributed by atoms with Crippen LogP contribution in [0.1, 0.15) is 43.4 Å². The van der Waals surface area contributed by atoms with E-state index in [1.165, 1.54) is 6.07 Å². The van der Waals surface area contributed by atoms with Gasteiger partial charge in [0.1, 0.15) is 0 Å². The van der Waals surface area contributed by atoms with Crippen LogP contribution >= 0.6 is 0 Å². The average molecular weight is 314 g/mol. The predicted octanol–water partition coefficient (Wildman–Crippen LogP) is 3.27. The topological polar surface area (TPSA) is 41.1 Å². The van der Waals surface area contributed by atoms with Crippen molar-refractivity contribution in [2.75, 3.05) is 13.1 Å². The van der Waals surface area contributed by atoms with Gasteiger partial charge in [-0.05, 0) is 37.1 Å². The fourth-order valence-corrected chi connectivity index (χ4v) is 2.71. The highest BCUT2D eigenvalue weighted by molar-refractivity contribution is 5.79. The van der Waals surface area contributed by atoms with Crippen molar-refractivity contribution >= 4 is 5.91 Å². The van der Waals surface area contributed by atoms with E-state index < -0.39 is 11.7 Å². The molecule has 3 nitrogen and oxygen atoms in total. The number of alkyl halides is 3. The summed E-state index contributed by atoms with van der Waals surface area (Å²) in [5.74, 6) is -0.175. The summed E-state index contributed by atoms with van der Waals surface area (Å²) in [4.78, 5) is 12.2. The maximum Gasteiger partial charge on any atom is 0.416 e. The summed E-state index contributed by atoms with van der Waals surface area (Å²) in [6.07, 6.45) is -2.20. The van der Waals surface area contributed by atoms with E-state index in [2.05, 4.69) is 10.6 Å². The molecule has 2 N–H and O–H groups in total. The van der Waals surface area contributed by atoms with Gasteiger partial charge in [-0.25, -0.2) is 0 Å². The first kappa shape index (κ1) is 16.8. The largest absolute Gasteiger partial charge is 0.416 e. The minimum absolute atomic E-state index is 0.0825. The van der Waals surface area contributed by atoms with Crippen molar-refractivity contribution in [2.45, 2.75) is 38.4 Å². The molecule has 0 saturated carbocycles. The summed E-state index contributed by atoms with van der Waals surface area (Å²) in [6.45, 7) is 3.39. The maximum atomic E-state index is 12.8. The molecule has 1 aliphatic heterocycles. The molecule has 6 heteroatoms. The molecule has 0 radical (unpaired) electrons. The van der Waals surface area contributed by atoms with Gasteiger partial charge >= 0.3 is 6.18 Å². The summed E-state index contributed by atoms with van der Waals surface area (Å²) in [5.41, 5.74) is -0.168. The van der Waals surface area contributed by atoms with Gasteiger partial charge < -0.3 is 10.6 Å². The Morgan fingerprint density at radius 1 is 1.45 bits per heavy atom. The first-order valence-corrected chi connectivity index (χ1v) is 7.60. The molecule has 1 aliphatic rings. The molecule has 2 atom stereocenters. The van der Waals surface area contributed by atoms with Gasteiger partial charge in [-0.3, -0.25) is 4.79 Å². The highest BCUT2D eigenvalue weighted by Crippen LogP contribution is 2.31. The fraction of sp³-hybridized carbons (Fsp3) is 0.562. The molecule has 1 heterocycles. The number of amides is 1. The van der Waals surface area contributed by atoms with Crippen LogP contribution in [0, 0.1) is 5.92 Å². The number of nitrogens with one attached hydrogen (secondary N) is 2. The van der Waals surface area contributed by atoms with Gasteiger partial charge in [-0.2, -0.15) is 13.2 Å². The zero-order valence-corrected chi connectivity index (χ0v) is 12.5. The van der Waals surface area contributed by atoms with Crippen LogP contribution in [0.4, 0.5) is 13.2 Å². The molecule has 22 heavy (non-hydrogen) atoms. The van der Waals surface area contributed by atoms with E-state index in [9.17, 15) is 18.0 Å². The molecule has 0 spiro atoms. The van der Waals surface area contributed by atoms with E-state index >= 15 is 0 Å². The minimum Gasteiger partial charge on any atom is -0.349 e. The summed E-state index contributed by atoms with van der Waals surface area (Å²) in [5, 5.41) is 6.03. The molecule has 1 aromatic rings.